The second-order valence-electron chi connectivity index (χ2n) is 7.56. The van der Waals surface area contributed by atoms with E-state index in [1.165, 1.54) is 12.3 Å². The van der Waals surface area contributed by atoms with E-state index in [9.17, 15) is 17.6 Å². The number of nitrogens with zero attached hydrogens (tertiary/aromatic N) is 5. The highest BCUT2D eigenvalue weighted by molar-refractivity contribution is 5.61. The van der Waals surface area contributed by atoms with Crippen molar-refractivity contribution in [3.8, 4) is 34.4 Å². The van der Waals surface area contributed by atoms with Crippen molar-refractivity contribution >= 4 is 0 Å². The molecule has 4 aromatic rings. The molecule has 3 heterocycles. The van der Waals surface area contributed by atoms with Gasteiger partial charge >= 0.3 is 12.1 Å². The number of halogens is 4. The van der Waals surface area contributed by atoms with Crippen LogP contribution in [0.2, 0.25) is 0 Å². The number of hydrogen-bond acceptors (Lipinski definition) is 9. The van der Waals surface area contributed by atoms with E-state index in [4.69, 9.17) is 14.0 Å². The van der Waals surface area contributed by atoms with Crippen LogP contribution in [0.3, 0.4) is 0 Å². The maximum absolute atomic E-state index is 14.3. The minimum Gasteiger partial charge on any atom is -0.493 e. The predicted molar refractivity (Wildman–Crippen MR) is 112 cm³/mol. The van der Waals surface area contributed by atoms with Crippen LogP contribution in [0.15, 0.2) is 33.4 Å². The zero-order chi connectivity index (χ0) is 25.2. The maximum Gasteiger partial charge on any atom is 0.471 e. The van der Waals surface area contributed by atoms with Crippen LogP contribution in [-0.4, -0.2) is 38.5 Å². The minimum atomic E-state index is -4.71. The molecule has 4 rings (SSSR count). The lowest BCUT2D eigenvalue weighted by Crippen LogP contribution is -2.08. The van der Waals surface area contributed by atoms with Crippen LogP contribution < -0.4 is 9.47 Å². The van der Waals surface area contributed by atoms with Gasteiger partial charge in [-0.25, -0.2) is 9.37 Å². The number of aromatic nitrogens is 5. The monoisotopic (exact) mass is 493 g/mol. The molecule has 3 aromatic heterocycles. The number of aryl methyl sites for hydroxylation is 3. The lowest BCUT2D eigenvalue weighted by Gasteiger charge is -2.13. The number of benzene rings is 1. The molecule has 0 atom stereocenters. The third kappa shape index (κ3) is 5.55. The lowest BCUT2D eigenvalue weighted by atomic mass is 10.1. The third-order valence-electron chi connectivity index (χ3n) is 4.75. The van der Waals surface area contributed by atoms with E-state index in [0.717, 1.165) is 0 Å². The molecule has 0 N–H and O–H groups in total. The van der Waals surface area contributed by atoms with Gasteiger partial charge in [-0.2, -0.15) is 23.1 Å². The van der Waals surface area contributed by atoms with Crippen LogP contribution in [0.1, 0.15) is 29.3 Å². The Bertz CT molecular complexity index is 1310. The normalized spacial score (nSPS) is 11.6. The smallest absolute Gasteiger partial charge is 0.471 e. The Kier molecular flexibility index (Phi) is 6.67. The van der Waals surface area contributed by atoms with E-state index >= 15 is 0 Å². The Balaban J connectivity index is 1.31. The molecule has 0 amide bonds. The van der Waals surface area contributed by atoms with Gasteiger partial charge < -0.3 is 18.5 Å². The zero-order valence-corrected chi connectivity index (χ0v) is 18.8. The van der Waals surface area contributed by atoms with Gasteiger partial charge in [-0.05, 0) is 43.2 Å². The standard InChI is InChI=1S/C22H19F4N5O4/c1-11-7-14(18-29-21(35-31-18)22(24,25)26)8-12(2)17(11)32-5-4-6-33-20-16(23)9-15(10-27-20)19-28-13(3)34-30-19/h7-10H,4-6H2,1-3H3. The Hall–Kier alpha value is -4.03. The first-order valence-corrected chi connectivity index (χ1v) is 10.4. The van der Waals surface area contributed by atoms with Crippen LogP contribution >= 0.6 is 0 Å². The van der Waals surface area contributed by atoms with Gasteiger partial charge in [0.25, 0.3) is 0 Å². The average molecular weight is 493 g/mol. The summed E-state index contributed by atoms with van der Waals surface area (Å²) in [6.07, 6.45) is -2.91. The zero-order valence-electron chi connectivity index (χ0n) is 18.8. The number of alkyl halides is 3. The van der Waals surface area contributed by atoms with Crippen molar-refractivity contribution in [3.63, 3.8) is 0 Å². The van der Waals surface area contributed by atoms with Gasteiger partial charge in [0.15, 0.2) is 5.82 Å². The van der Waals surface area contributed by atoms with Crippen molar-refractivity contribution in [2.24, 2.45) is 0 Å². The van der Waals surface area contributed by atoms with Crippen LogP contribution in [0, 0.1) is 26.6 Å². The fourth-order valence-corrected chi connectivity index (χ4v) is 3.24. The number of rotatable bonds is 8. The molecular formula is C22H19F4N5O4. The van der Waals surface area contributed by atoms with Crippen LogP contribution in [0.5, 0.6) is 11.6 Å². The van der Waals surface area contributed by atoms with Crippen molar-refractivity contribution in [1.29, 1.82) is 0 Å². The molecular weight excluding hydrogens is 474 g/mol. The van der Waals surface area contributed by atoms with Gasteiger partial charge in [0.05, 0.1) is 13.2 Å². The topological polar surface area (TPSA) is 109 Å². The van der Waals surface area contributed by atoms with E-state index in [-0.39, 0.29) is 30.7 Å². The molecule has 0 saturated carbocycles. The molecule has 35 heavy (non-hydrogen) atoms. The van der Waals surface area contributed by atoms with Gasteiger partial charge in [-0.15, -0.1) is 0 Å². The first kappa shape index (κ1) is 24.1. The molecule has 0 fully saturated rings. The highest BCUT2D eigenvalue weighted by Crippen LogP contribution is 2.32. The van der Waals surface area contributed by atoms with E-state index in [1.807, 2.05) is 0 Å². The maximum atomic E-state index is 14.3. The highest BCUT2D eigenvalue weighted by Gasteiger charge is 2.38. The third-order valence-corrected chi connectivity index (χ3v) is 4.75. The molecule has 0 aliphatic rings. The van der Waals surface area contributed by atoms with Gasteiger partial charge in [0.2, 0.25) is 23.4 Å². The number of hydrogen-bond donors (Lipinski definition) is 0. The van der Waals surface area contributed by atoms with Crippen LogP contribution in [0.4, 0.5) is 17.6 Å². The first-order valence-electron chi connectivity index (χ1n) is 10.4. The Morgan fingerprint density at radius 2 is 1.51 bits per heavy atom. The fraction of sp³-hybridized carbons (Fsp3) is 0.318. The average Bonchev–Trinajstić information content (AvgIpc) is 3.45. The summed E-state index contributed by atoms with van der Waals surface area (Å²) >= 11 is 0. The predicted octanol–water partition coefficient (Wildman–Crippen LogP) is 5.11. The lowest BCUT2D eigenvalue weighted by molar-refractivity contribution is -0.159. The summed E-state index contributed by atoms with van der Waals surface area (Å²) in [4.78, 5) is 11.4. The highest BCUT2D eigenvalue weighted by atomic mass is 19.4. The van der Waals surface area contributed by atoms with Gasteiger partial charge in [-0.1, -0.05) is 10.3 Å². The van der Waals surface area contributed by atoms with E-state index in [1.54, 1.807) is 32.9 Å². The summed E-state index contributed by atoms with van der Waals surface area (Å²) < 4.78 is 72.7. The van der Waals surface area contributed by atoms with Crippen LogP contribution in [0.25, 0.3) is 22.8 Å². The second kappa shape index (κ2) is 9.68. The summed E-state index contributed by atoms with van der Waals surface area (Å²) in [5.41, 5.74) is 2.09. The molecule has 13 heteroatoms. The van der Waals surface area contributed by atoms with Crippen molar-refractivity contribution in [1.82, 2.24) is 25.3 Å². The van der Waals surface area contributed by atoms with Crippen LogP contribution in [-0.2, 0) is 6.18 Å². The minimum absolute atomic E-state index is 0.143. The molecule has 0 aliphatic carbocycles. The largest absolute Gasteiger partial charge is 0.493 e. The SMILES string of the molecule is Cc1nc(-c2cnc(OCCCOc3c(C)cc(-c4noc(C(F)(F)F)n4)cc3C)c(F)c2)no1. The van der Waals surface area contributed by atoms with Crippen molar-refractivity contribution in [2.45, 2.75) is 33.4 Å². The number of pyridine rings is 1. The molecule has 9 nitrogen and oxygen atoms in total. The van der Waals surface area contributed by atoms with E-state index in [2.05, 4.69) is 29.8 Å². The Morgan fingerprint density at radius 1 is 0.857 bits per heavy atom. The molecule has 0 bridgehead atoms. The second-order valence-corrected chi connectivity index (χ2v) is 7.56. The van der Waals surface area contributed by atoms with Crippen molar-refractivity contribution in [2.75, 3.05) is 13.2 Å². The Labute approximate surface area is 196 Å². The van der Waals surface area contributed by atoms with E-state index < -0.39 is 17.9 Å². The van der Waals surface area contributed by atoms with Gasteiger partial charge in [0.1, 0.15) is 5.75 Å². The van der Waals surface area contributed by atoms with Gasteiger partial charge in [0, 0.05) is 30.7 Å². The summed E-state index contributed by atoms with van der Waals surface area (Å²) in [5, 5.41) is 7.11. The molecule has 184 valence electrons. The molecule has 0 saturated heterocycles. The molecule has 0 unspecified atom stereocenters. The number of ether oxygens (including phenoxy) is 2. The fourth-order valence-electron chi connectivity index (χ4n) is 3.24. The summed E-state index contributed by atoms with van der Waals surface area (Å²) in [5.74, 6) is -1.26. The van der Waals surface area contributed by atoms with Gasteiger partial charge in [-0.3, -0.25) is 0 Å². The summed E-state index contributed by atoms with van der Waals surface area (Å²) in [7, 11) is 0. The summed E-state index contributed by atoms with van der Waals surface area (Å²) in [6, 6.07) is 4.42. The Morgan fingerprint density at radius 3 is 2.11 bits per heavy atom. The van der Waals surface area contributed by atoms with Crippen molar-refractivity contribution in [3.05, 3.63) is 53.1 Å². The van der Waals surface area contributed by atoms with Crippen molar-refractivity contribution < 1.29 is 36.1 Å². The quantitative estimate of drug-likeness (QED) is 0.244. The molecule has 0 spiro atoms. The van der Waals surface area contributed by atoms with E-state index in [0.29, 0.717) is 40.3 Å². The molecule has 1 aromatic carbocycles. The summed E-state index contributed by atoms with van der Waals surface area (Å²) in [6.45, 7) is 5.52. The first-order chi connectivity index (χ1) is 16.6. The molecule has 0 aliphatic heterocycles. The molecule has 0 radical (unpaired) electrons.